The van der Waals surface area contributed by atoms with Gasteiger partial charge in [0.05, 0.1) is 0 Å². The van der Waals surface area contributed by atoms with Crippen molar-refractivity contribution in [3.05, 3.63) is 0 Å². The molecule has 2 heterocycles. The van der Waals surface area contributed by atoms with E-state index in [4.69, 9.17) is 10.0 Å². The van der Waals surface area contributed by atoms with Gasteiger partial charge in [0, 0.05) is 12.1 Å². The van der Waals surface area contributed by atoms with E-state index in [0.717, 1.165) is 30.8 Å². The first kappa shape index (κ1) is 9.50. The number of rotatable bonds is 4. The summed E-state index contributed by atoms with van der Waals surface area (Å²) in [4.78, 5) is 0. The van der Waals surface area contributed by atoms with Crippen molar-refractivity contribution in [3.63, 3.8) is 0 Å². The highest BCUT2D eigenvalue weighted by atomic mass is 16.4. The fourth-order valence-corrected chi connectivity index (χ4v) is 2.82. The van der Waals surface area contributed by atoms with Crippen LogP contribution in [-0.4, -0.2) is 29.3 Å². The van der Waals surface area contributed by atoms with Crippen LogP contribution in [0.1, 0.15) is 32.1 Å². The maximum Gasteiger partial charge on any atom is 0.451 e. The van der Waals surface area contributed by atoms with Crippen LogP contribution in [0.5, 0.6) is 0 Å². The van der Waals surface area contributed by atoms with Gasteiger partial charge in [-0.05, 0) is 37.9 Å². The Labute approximate surface area is 79.7 Å². The number of hydrogen-bond donors (Lipinski definition) is 3. The summed E-state index contributed by atoms with van der Waals surface area (Å²) in [6.07, 6.45) is 6.64. The van der Waals surface area contributed by atoms with E-state index < -0.39 is 7.12 Å². The minimum atomic E-state index is -1.11. The molecule has 4 heteroatoms. The molecule has 3 nitrogen and oxygen atoms in total. The Morgan fingerprint density at radius 2 is 2.15 bits per heavy atom. The molecule has 0 amide bonds. The lowest BCUT2D eigenvalue weighted by Gasteiger charge is -2.19. The molecule has 13 heavy (non-hydrogen) atoms. The van der Waals surface area contributed by atoms with E-state index in [1.165, 1.54) is 19.3 Å². The lowest BCUT2D eigenvalue weighted by Crippen LogP contribution is -2.23. The molecule has 2 aliphatic heterocycles. The summed E-state index contributed by atoms with van der Waals surface area (Å²) in [7, 11) is -1.11. The van der Waals surface area contributed by atoms with Crippen molar-refractivity contribution in [2.24, 2.45) is 5.92 Å². The topological polar surface area (TPSA) is 52.5 Å². The fourth-order valence-electron chi connectivity index (χ4n) is 2.82. The fraction of sp³-hybridized carbons (Fsp3) is 1.00. The Kier molecular flexibility index (Phi) is 2.91. The van der Waals surface area contributed by atoms with E-state index in [0.29, 0.717) is 6.32 Å². The van der Waals surface area contributed by atoms with Crippen molar-refractivity contribution in [1.29, 1.82) is 0 Å². The molecule has 3 atom stereocenters. The molecule has 0 aromatic carbocycles. The third-order valence-electron chi connectivity index (χ3n) is 3.47. The lowest BCUT2D eigenvalue weighted by atomic mass is 9.79. The summed E-state index contributed by atoms with van der Waals surface area (Å²) in [6, 6.07) is 1.51. The van der Waals surface area contributed by atoms with Gasteiger partial charge >= 0.3 is 7.12 Å². The molecule has 0 aromatic heterocycles. The van der Waals surface area contributed by atoms with Gasteiger partial charge in [-0.2, -0.15) is 0 Å². The maximum absolute atomic E-state index is 8.70. The minimum absolute atomic E-state index is 0.536. The van der Waals surface area contributed by atoms with E-state index >= 15 is 0 Å². The van der Waals surface area contributed by atoms with Crippen LogP contribution in [0.25, 0.3) is 0 Å². The zero-order chi connectivity index (χ0) is 9.26. The predicted octanol–water partition coefficient (Wildman–Crippen LogP) is 0.380. The molecule has 0 unspecified atom stereocenters. The van der Waals surface area contributed by atoms with Gasteiger partial charge in [0.25, 0.3) is 0 Å². The van der Waals surface area contributed by atoms with Crippen LogP contribution in [0.2, 0.25) is 6.32 Å². The summed E-state index contributed by atoms with van der Waals surface area (Å²) in [6.45, 7) is 0. The van der Waals surface area contributed by atoms with E-state index in [2.05, 4.69) is 5.32 Å². The quantitative estimate of drug-likeness (QED) is 0.552. The second-order valence-corrected chi connectivity index (χ2v) is 4.45. The molecule has 0 spiro atoms. The third kappa shape index (κ3) is 2.24. The van der Waals surface area contributed by atoms with Crippen LogP contribution in [0.4, 0.5) is 0 Å². The second-order valence-electron chi connectivity index (χ2n) is 4.45. The molecular weight excluding hydrogens is 165 g/mol. The van der Waals surface area contributed by atoms with Gasteiger partial charge < -0.3 is 15.4 Å². The van der Waals surface area contributed by atoms with Crippen molar-refractivity contribution in [3.8, 4) is 0 Å². The van der Waals surface area contributed by atoms with Crippen LogP contribution in [-0.2, 0) is 0 Å². The standard InChI is InChI=1S/C9H18BNO2/c12-10(13)5-1-2-7-6-8-3-4-9(7)11-8/h7-9,11-13H,1-6H2/t7-,8-,9+/m1/s1. The summed E-state index contributed by atoms with van der Waals surface area (Å²) in [5, 5.41) is 21.0. The second kappa shape index (κ2) is 3.99. The zero-order valence-electron chi connectivity index (χ0n) is 7.95. The van der Waals surface area contributed by atoms with Gasteiger partial charge in [0.15, 0.2) is 0 Å². The monoisotopic (exact) mass is 183 g/mol. The first-order valence-electron chi connectivity index (χ1n) is 5.38. The zero-order valence-corrected chi connectivity index (χ0v) is 7.95. The maximum atomic E-state index is 8.70. The average molecular weight is 183 g/mol. The Morgan fingerprint density at radius 3 is 2.69 bits per heavy atom. The van der Waals surface area contributed by atoms with E-state index in [9.17, 15) is 0 Å². The lowest BCUT2D eigenvalue weighted by molar-refractivity contribution is 0.364. The van der Waals surface area contributed by atoms with Crippen LogP contribution in [0.3, 0.4) is 0 Å². The number of hydrogen-bond acceptors (Lipinski definition) is 3. The van der Waals surface area contributed by atoms with E-state index in [-0.39, 0.29) is 0 Å². The molecule has 0 saturated carbocycles. The van der Waals surface area contributed by atoms with E-state index in [1.54, 1.807) is 0 Å². The summed E-state index contributed by atoms with van der Waals surface area (Å²) in [5.74, 6) is 0.803. The Balaban J connectivity index is 1.66. The SMILES string of the molecule is OB(O)CCC[C@@H]1C[C@H]2CC[C@@H]1N2. The molecule has 2 saturated heterocycles. The van der Waals surface area contributed by atoms with E-state index in [1.807, 2.05) is 0 Å². The Hall–Kier alpha value is -0.0551. The van der Waals surface area contributed by atoms with Crippen LogP contribution in [0.15, 0.2) is 0 Å². The largest absolute Gasteiger partial charge is 0.451 e. The minimum Gasteiger partial charge on any atom is -0.427 e. The molecule has 0 aromatic rings. The van der Waals surface area contributed by atoms with Crippen molar-refractivity contribution < 1.29 is 10.0 Å². The highest BCUT2D eigenvalue weighted by molar-refractivity contribution is 6.40. The van der Waals surface area contributed by atoms with Crippen LogP contribution >= 0.6 is 0 Å². The van der Waals surface area contributed by atoms with Crippen molar-refractivity contribution in [2.45, 2.75) is 50.5 Å². The molecule has 2 fully saturated rings. The van der Waals surface area contributed by atoms with Gasteiger partial charge in [-0.25, -0.2) is 0 Å². The van der Waals surface area contributed by atoms with Gasteiger partial charge in [0.2, 0.25) is 0 Å². The summed E-state index contributed by atoms with van der Waals surface area (Å²) in [5.41, 5.74) is 0. The van der Waals surface area contributed by atoms with Gasteiger partial charge in [-0.15, -0.1) is 0 Å². The van der Waals surface area contributed by atoms with Crippen LogP contribution in [0, 0.1) is 5.92 Å². The molecule has 74 valence electrons. The highest BCUT2D eigenvalue weighted by Crippen LogP contribution is 2.35. The molecule has 3 N–H and O–H groups in total. The number of fused-ring (bicyclic) bond motifs is 2. The predicted molar refractivity (Wildman–Crippen MR) is 52.3 cm³/mol. The first-order chi connectivity index (χ1) is 6.25. The Morgan fingerprint density at radius 1 is 1.31 bits per heavy atom. The molecular formula is C9H18BNO2. The highest BCUT2D eigenvalue weighted by Gasteiger charge is 2.38. The first-order valence-corrected chi connectivity index (χ1v) is 5.38. The summed E-state index contributed by atoms with van der Waals surface area (Å²) < 4.78 is 0. The average Bonchev–Trinajstić information content (AvgIpc) is 2.64. The van der Waals surface area contributed by atoms with Gasteiger partial charge in [-0.1, -0.05) is 6.42 Å². The molecule has 2 aliphatic rings. The van der Waals surface area contributed by atoms with Crippen molar-refractivity contribution in [2.75, 3.05) is 0 Å². The van der Waals surface area contributed by atoms with Crippen LogP contribution < -0.4 is 5.32 Å². The number of nitrogens with one attached hydrogen (secondary N) is 1. The smallest absolute Gasteiger partial charge is 0.427 e. The molecule has 0 aliphatic carbocycles. The molecule has 2 bridgehead atoms. The Bertz CT molecular complexity index is 177. The van der Waals surface area contributed by atoms with Crippen molar-refractivity contribution in [1.82, 2.24) is 5.32 Å². The van der Waals surface area contributed by atoms with Gasteiger partial charge in [0.1, 0.15) is 0 Å². The third-order valence-corrected chi connectivity index (χ3v) is 3.47. The summed E-state index contributed by atoms with van der Waals surface area (Å²) >= 11 is 0. The normalized spacial score (nSPS) is 36.9. The molecule has 2 rings (SSSR count). The van der Waals surface area contributed by atoms with Gasteiger partial charge in [-0.3, -0.25) is 0 Å². The molecule has 0 radical (unpaired) electrons. The van der Waals surface area contributed by atoms with Crippen molar-refractivity contribution >= 4 is 7.12 Å².